The van der Waals surface area contributed by atoms with E-state index in [-0.39, 0.29) is 23.8 Å². The van der Waals surface area contributed by atoms with Crippen molar-refractivity contribution in [1.82, 2.24) is 10.2 Å². The first kappa shape index (κ1) is 25.9. The fraction of sp³-hybridized carbons (Fsp3) is 0.321. The van der Waals surface area contributed by atoms with Gasteiger partial charge in [-0.2, -0.15) is 0 Å². The van der Waals surface area contributed by atoms with Gasteiger partial charge >= 0.3 is 0 Å². The monoisotopic (exact) mass is 523 g/mol. The molecule has 0 radical (unpaired) electrons. The Morgan fingerprint density at radius 2 is 1.78 bits per heavy atom. The van der Waals surface area contributed by atoms with Crippen LogP contribution in [-0.4, -0.2) is 40.7 Å². The summed E-state index contributed by atoms with van der Waals surface area (Å²) in [6.45, 7) is 7.92. The second kappa shape index (κ2) is 10.4. The van der Waals surface area contributed by atoms with Gasteiger partial charge in [0.25, 0.3) is 11.8 Å². The number of anilines is 1. The molecule has 1 saturated heterocycles. The predicted octanol–water partition coefficient (Wildman–Crippen LogP) is 5.88. The lowest BCUT2D eigenvalue weighted by molar-refractivity contribution is -0.120. The van der Waals surface area contributed by atoms with Crippen molar-refractivity contribution in [2.75, 3.05) is 11.9 Å². The van der Waals surface area contributed by atoms with E-state index in [1.807, 2.05) is 30.0 Å². The van der Waals surface area contributed by atoms with E-state index < -0.39 is 5.54 Å². The maximum atomic E-state index is 13.4. The lowest BCUT2D eigenvalue weighted by Gasteiger charge is -2.25. The summed E-state index contributed by atoms with van der Waals surface area (Å²) in [7, 11) is 0. The number of thiophene rings is 1. The van der Waals surface area contributed by atoms with E-state index in [1.54, 1.807) is 44.2 Å². The van der Waals surface area contributed by atoms with Gasteiger partial charge in [0, 0.05) is 29.8 Å². The highest BCUT2D eigenvalue weighted by Crippen LogP contribution is 2.33. The van der Waals surface area contributed by atoms with E-state index in [0.29, 0.717) is 32.9 Å². The molecule has 3 amide bonds. The van der Waals surface area contributed by atoms with Gasteiger partial charge in [0.15, 0.2) is 0 Å². The Hall–Kier alpha value is -3.16. The van der Waals surface area contributed by atoms with Gasteiger partial charge < -0.3 is 15.5 Å². The number of aryl methyl sites for hydroxylation is 1. The molecular weight excluding hydrogens is 494 g/mol. The number of carbonyl (C=O) groups is 3. The van der Waals surface area contributed by atoms with E-state index in [4.69, 9.17) is 11.6 Å². The SMILES string of the molecule is Cc1cc(NC(=O)C(C)(C)NC(=O)c2ccc(Cl)s2)ccc1C(=O)N1CC(c2ccccc2)CC1C. The summed E-state index contributed by atoms with van der Waals surface area (Å²) in [4.78, 5) is 41.2. The van der Waals surface area contributed by atoms with Crippen molar-refractivity contribution >= 4 is 46.3 Å². The van der Waals surface area contributed by atoms with Crippen LogP contribution in [0.25, 0.3) is 0 Å². The Morgan fingerprint density at radius 1 is 1.06 bits per heavy atom. The van der Waals surface area contributed by atoms with Crippen molar-refractivity contribution < 1.29 is 14.4 Å². The molecule has 188 valence electrons. The molecule has 2 N–H and O–H groups in total. The molecule has 6 nitrogen and oxygen atoms in total. The molecule has 2 heterocycles. The molecule has 1 aliphatic heterocycles. The molecule has 8 heteroatoms. The minimum Gasteiger partial charge on any atom is -0.337 e. The first-order valence-corrected chi connectivity index (χ1v) is 13.1. The van der Waals surface area contributed by atoms with Crippen LogP contribution in [0.1, 0.15) is 64.3 Å². The third kappa shape index (κ3) is 5.63. The predicted molar refractivity (Wildman–Crippen MR) is 145 cm³/mol. The maximum Gasteiger partial charge on any atom is 0.262 e. The summed E-state index contributed by atoms with van der Waals surface area (Å²) in [5, 5.41) is 5.61. The largest absolute Gasteiger partial charge is 0.337 e. The van der Waals surface area contributed by atoms with Crippen molar-refractivity contribution in [2.24, 2.45) is 0 Å². The summed E-state index contributed by atoms with van der Waals surface area (Å²) in [5.41, 5.74) is 2.06. The van der Waals surface area contributed by atoms with Crippen molar-refractivity contribution in [1.29, 1.82) is 0 Å². The minimum atomic E-state index is -1.16. The van der Waals surface area contributed by atoms with E-state index >= 15 is 0 Å². The van der Waals surface area contributed by atoms with E-state index in [2.05, 4.69) is 29.7 Å². The van der Waals surface area contributed by atoms with Crippen molar-refractivity contribution in [2.45, 2.75) is 51.6 Å². The maximum absolute atomic E-state index is 13.4. The molecule has 1 aromatic heterocycles. The standard InChI is InChI=1S/C28H30ClN3O3S/c1-17-14-21(30-27(35)28(3,4)31-25(33)23-12-13-24(29)36-23)10-11-22(17)26(34)32-16-20(15-18(32)2)19-8-6-5-7-9-19/h5-14,18,20H,15-16H2,1-4H3,(H,30,35)(H,31,33). The first-order valence-electron chi connectivity index (χ1n) is 11.9. The summed E-state index contributed by atoms with van der Waals surface area (Å²) < 4.78 is 0.506. The summed E-state index contributed by atoms with van der Waals surface area (Å²) in [6.07, 6.45) is 0.932. The number of carbonyl (C=O) groups excluding carboxylic acids is 3. The molecule has 0 saturated carbocycles. The molecule has 2 unspecified atom stereocenters. The van der Waals surface area contributed by atoms with Crippen molar-refractivity contribution in [3.63, 3.8) is 0 Å². The fourth-order valence-electron chi connectivity index (χ4n) is 4.54. The number of nitrogens with one attached hydrogen (secondary N) is 2. The third-order valence-electron chi connectivity index (χ3n) is 6.61. The van der Waals surface area contributed by atoms with Gasteiger partial charge in [-0.05, 0) is 75.6 Å². The Balaban J connectivity index is 1.42. The quantitative estimate of drug-likeness (QED) is 0.424. The van der Waals surface area contributed by atoms with Crippen LogP contribution in [0.3, 0.4) is 0 Å². The first-order chi connectivity index (χ1) is 17.0. The number of benzene rings is 2. The number of rotatable bonds is 6. The summed E-state index contributed by atoms with van der Waals surface area (Å²) in [6, 6.07) is 19.0. The molecule has 0 aliphatic carbocycles. The van der Waals surface area contributed by atoms with Gasteiger partial charge in [-0.3, -0.25) is 14.4 Å². The van der Waals surface area contributed by atoms with Gasteiger partial charge in [-0.25, -0.2) is 0 Å². The third-order valence-corrected chi connectivity index (χ3v) is 7.84. The lowest BCUT2D eigenvalue weighted by Crippen LogP contribution is -2.52. The van der Waals surface area contributed by atoms with Crippen LogP contribution in [0.15, 0.2) is 60.7 Å². The Labute approximate surface area is 220 Å². The molecular formula is C28H30ClN3O3S. The number of hydrogen-bond acceptors (Lipinski definition) is 4. The molecule has 36 heavy (non-hydrogen) atoms. The number of likely N-dealkylation sites (tertiary alicyclic amines) is 1. The molecule has 0 bridgehead atoms. The van der Waals surface area contributed by atoms with E-state index in [9.17, 15) is 14.4 Å². The molecule has 3 aromatic rings. The smallest absolute Gasteiger partial charge is 0.262 e. The van der Waals surface area contributed by atoms with Crippen molar-refractivity contribution in [3.05, 3.63) is 86.6 Å². The van der Waals surface area contributed by atoms with Crippen LogP contribution in [0.4, 0.5) is 5.69 Å². The van der Waals surface area contributed by atoms with Gasteiger partial charge in [-0.15, -0.1) is 11.3 Å². The number of halogens is 1. The van der Waals surface area contributed by atoms with Crippen LogP contribution >= 0.6 is 22.9 Å². The highest BCUT2D eigenvalue weighted by atomic mass is 35.5. The normalized spacial score (nSPS) is 17.6. The van der Waals surface area contributed by atoms with Crippen LogP contribution in [0.2, 0.25) is 4.34 Å². The second-order valence-corrected chi connectivity index (χ2v) is 11.5. The van der Waals surface area contributed by atoms with Gasteiger partial charge in [0.05, 0.1) is 9.21 Å². The summed E-state index contributed by atoms with van der Waals surface area (Å²) >= 11 is 7.07. The molecule has 2 aromatic carbocycles. The average Bonchev–Trinajstić information content (AvgIpc) is 3.45. The fourth-order valence-corrected chi connectivity index (χ4v) is 5.48. The van der Waals surface area contributed by atoms with E-state index in [0.717, 1.165) is 23.3 Å². The van der Waals surface area contributed by atoms with Crippen molar-refractivity contribution in [3.8, 4) is 0 Å². The molecule has 0 spiro atoms. The highest BCUT2D eigenvalue weighted by molar-refractivity contribution is 7.18. The Morgan fingerprint density at radius 3 is 2.42 bits per heavy atom. The second-order valence-electron chi connectivity index (χ2n) is 9.82. The zero-order valence-electron chi connectivity index (χ0n) is 20.8. The van der Waals surface area contributed by atoms with Crippen LogP contribution < -0.4 is 10.6 Å². The molecule has 1 fully saturated rings. The minimum absolute atomic E-state index is 0.00138. The molecule has 1 aliphatic rings. The Kier molecular flexibility index (Phi) is 7.52. The van der Waals surface area contributed by atoms with Crippen LogP contribution in [0.5, 0.6) is 0 Å². The number of amides is 3. The lowest BCUT2D eigenvalue weighted by atomic mass is 9.97. The topological polar surface area (TPSA) is 78.5 Å². The number of hydrogen-bond donors (Lipinski definition) is 2. The molecule has 4 rings (SSSR count). The van der Waals surface area contributed by atoms with E-state index in [1.165, 1.54) is 5.56 Å². The van der Waals surface area contributed by atoms with Gasteiger partial charge in [0.2, 0.25) is 5.91 Å². The number of nitrogens with zero attached hydrogens (tertiary/aromatic N) is 1. The average molecular weight is 524 g/mol. The summed E-state index contributed by atoms with van der Waals surface area (Å²) in [5.74, 6) is -0.404. The highest BCUT2D eigenvalue weighted by Gasteiger charge is 2.34. The van der Waals surface area contributed by atoms with Crippen LogP contribution in [0, 0.1) is 6.92 Å². The molecule has 2 atom stereocenters. The van der Waals surface area contributed by atoms with Crippen LogP contribution in [-0.2, 0) is 4.79 Å². The zero-order chi connectivity index (χ0) is 26.0. The zero-order valence-corrected chi connectivity index (χ0v) is 22.4. The van der Waals surface area contributed by atoms with Gasteiger partial charge in [0.1, 0.15) is 5.54 Å². The van der Waals surface area contributed by atoms with Gasteiger partial charge in [-0.1, -0.05) is 41.9 Å². The Bertz CT molecular complexity index is 1290.